The van der Waals surface area contributed by atoms with Gasteiger partial charge in [-0.3, -0.25) is 9.89 Å². The van der Waals surface area contributed by atoms with Gasteiger partial charge in [-0.05, 0) is 48.9 Å². The van der Waals surface area contributed by atoms with Crippen LogP contribution in [0.1, 0.15) is 11.3 Å². The molecular weight excluding hydrogens is 398 g/mol. The molecule has 0 radical (unpaired) electrons. The first-order valence-corrected chi connectivity index (χ1v) is 10.6. The third-order valence-corrected chi connectivity index (χ3v) is 6.57. The van der Waals surface area contributed by atoms with Gasteiger partial charge >= 0.3 is 0 Å². The van der Waals surface area contributed by atoms with E-state index in [9.17, 15) is 9.00 Å². The minimum atomic E-state index is -3.19. The highest BCUT2D eigenvalue weighted by molar-refractivity contribution is 7.92. The zero-order valence-corrected chi connectivity index (χ0v) is 16.8. The molecule has 4 aromatic rings. The maximum atomic E-state index is 13.0. The Kier molecular flexibility index (Phi) is 4.82. The average Bonchev–Trinajstić information content (AvgIpc) is 3.08. The molecule has 8 heteroatoms. The molecule has 148 valence electrons. The molecule has 1 unspecified atom stereocenters. The third kappa shape index (κ3) is 3.32. The first-order valence-electron chi connectivity index (χ1n) is 9.04. The van der Waals surface area contributed by atoms with Gasteiger partial charge in [0.1, 0.15) is 9.73 Å². The number of rotatable bonds is 4. The molecule has 0 bridgehead atoms. The molecule has 0 fully saturated rings. The second-order valence-electron chi connectivity index (χ2n) is 6.66. The van der Waals surface area contributed by atoms with Crippen molar-refractivity contribution in [1.82, 2.24) is 14.8 Å². The molecule has 7 nitrogen and oxygen atoms in total. The van der Waals surface area contributed by atoms with Crippen molar-refractivity contribution in [1.29, 1.82) is 10.0 Å². The fourth-order valence-corrected chi connectivity index (χ4v) is 4.46. The van der Waals surface area contributed by atoms with Gasteiger partial charge in [-0.15, -0.1) is 0 Å². The average molecular weight is 415 g/mol. The Bertz CT molecular complexity index is 1410. The molecule has 0 aliphatic heterocycles. The molecule has 2 aromatic carbocycles. The van der Waals surface area contributed by atoms with Crippen LogP contribution in [-0.2, 0) is 9.73 Å². The van der Waals surface area contributed by atoms with E-state index in [4.69, 9.17) is 10.0 Å². The highest BCUT2D eigenvalue weighted by Crippen LogP contribution is 2.22. The van der Waals surface area contributed by atoms with Crippen molar-refractivity contribution in [2.45, 2.75) is 16.7 Å². The highest BCUT2D eigenvalue weighted by Gasteiger charge is 2.17. The quantitative estimate of drug-likeness (QED) is 0.526. The summed E-state index contributed by atoms with van der Waals surface area (Å²) in [7, 11) is -3.19. The summed E-state index contributed by atoms with van der Waals surface area (Å²) in [5.74, 6) is 0.329. The number of hydrogen-bond acceptors (Lipinski definition) is 5. The predicted molar refractivity (Wildman–Crippen MR) is 113 cm³/mol. The van der Waals surface area contributed by atoms with Gasteiger partial charge in [0, 0.05) is 11.9 Å². The lowest BCUT2D eigenvalue weighted by Gasteiger charge is -2.08. The minimum absolute atomic E-state index is 0.265. The van der Waals surface area contributed by atoms with Crippen molar-refractivity contribution in [3.05, 3.63) is 94.5 Å². The summed E-state index contributed by atoms with van der Waals surface area (Å²) < 4.78 is 22.5. The summed E-state index contributed by atoms with van der Waals surface area (Å²) >= 11 is 0. The number of nitriles is 1. The van der Waals surface area contributed by atoms with E-state index in [0.29, 0.717) is 33.1 Å². The van der Waals surface area contributed by atoms with Gasteiger partial charge < -0.3 is 0 Å². The number of H-pyrrole nitrogens is 1. The van der Waals surface area contributed by atoms with Gasteiger partial charge in [0.15, 0.2) is 5.82 Å². The number of nitrogens with zero attached hydrogens (tertiary/aromatic N) is 3. The van der Waals surface area contributed by atoms with E-state index in [1.165, 1.54) is 10.9 Å². The van der Waals surface area contributed by atoms with Gasteiger partial charge in [-0.1, -0.05) is 30.3 Å². The third-order valence-electron chi connectivity index (χ3n) is 4.73. The Balaban J connectivity index is 1.72. The Morgan fingerprint density at radius 1 is 1.03 bits per heavy atom. The lowest BCUT2D eigenvalue weighted by Crippen LogP contribution is -2.17. The number of aromatic amines is 1. The first-order chi connectivity index (χ1) is 14.4. The van der Waals surface area contributed by atoms with E-state index in [1.54, 1.807) is 73.7 Å². The number of pyridine rings is 1. The zero-order chi connectivity index (χ0) is 21.3. The van der Waals surface area contributed by atoms with Gasteiger partial charge in [-0.25, -0.2) is 18.7 Å². The van der Waals surface area contributed by atoms with Gasteiger partial charge in [0.05, 0.1) is 27.0 Å². The number of nitrogens with one attached hydrogen (secondary N) is 2. The summed E-state index contributed by atoms with van der Waals surface area (Å²) in [5.41, 5.74) is 2.07. The number of aryl methyl sites for hydroxylation is 1. The molecule has 0 aliphatic carbocycles. The molecule has 0 saturated heterocycles. The number of hydrogen-bond donors (Lipinski definition) is 2. The zero-order valence-electron chi connectivity index (χ0n) is 16.0. The maximum absolute atomic E-state index is 13.0. The maximum Gasteiger partial charge on any atom is 0.280 e. The highest BCUT2D eigenvalue weighted by atomic mass is 32.2. The Morgan fingerprint density at radius 2 is 1.73 bits per heavy atom. The van der Waals surface area contributed by atoms with Crippen molar-refractivity contribution < 1.29 is 4.21 Å². The van der Waals surface area contributed by atoms with Crippen LogP contribution in [0.15, 0.2) is 87.5 Å². The van der Waals surface area contributed by atoms with E-state index >= 15 is 0 Å². The molecule has 0 saturated carbocycles. The summed E-state index contributed by atoms with van der Waals surface area (Å²) in [6.45, 7) is 1.78. The smallest absolute Gasteiger partial charge is 0.280 e. The second-order valence-corrected chi connectivity index (χ2v) is 8.72. The summed E-state index contributed by atoms with van der Waals surface area (Å²) in [6.07, 6.45) is 1.36. The number of benzene rings is 2. The largest absolute Gasteiger partial charge is 0.293 e. The Labute approximate surface area is 173 Å². The van der Waals surface area contributed by atoms with Crippen LogP contribution in [0.25, 0.3) is 16.9 Å². The molecule has 2 heterocycles. The second kappa shape index (κ2) is 7.46. The molecule has 2 aromatic heterocycles. The van der Waals surface area contributed by atoms with Gasteiger partial charge in [-0.2, -0.15) is 5.26 Å². The van der Waals surface area contributed by atoms with Crippen molar-refractivity contribution in [3.8, 4) is 23.0 Å². The SMILES string of the molecule is Cc1[nH]n(-c2ccc(S(=N)(=O)c3ccccc3)cn2)c(=O)c1-c1ccc(C#N)cc1. The van der Waals surface area contributed by atoms with Crippen LogP contribution < -0.4 is 5.56 Å². The Morgan fingerprint density at radius 3 is 2.33 bits per heavy atom. The van der Waals surface area contributed by atoms with Crippen LogP contribution in [0.3, 0.4) is 0 Å². The van der Waals surface area contributed by atoms with Crippen LogP contribution in [0.4, 0.5) is 0 Å². The summed E-state index contributed by atoms with van der Waals surface area (Å²) in [6, 6.07) is 20.5. The molecule has 0 aliphatic rings. The standard InChI is InChI=1S/C22H17N5O2S/c1-15-21(17-9-7-16(13-23)8-10-17)22(28)27(26-15)20-12-11-19(14-25-20)30(24,29)18-5-3-2-4-6-18/h2-12,14,24,26H,1H3. The number of aromatic nitrogens is 3. The predicted octanol–water partition coefficient (Wildman–Crippen LogP) is 3.87. The lowest BCUT2D eigenvalue weighted by atomic mass is 10.1. The molecule has 0 amide bonds. The van der Waals surface area contributed by atoms with E-state index in [-0.39, 0.29) is 10.5 Å². The first kappa shape index (κ1) is 19.4. The van der Waals surface area contributed by atoms with Gasteiger partial charge in [0.2, 0.25) is 0 Å². The topological polar surface area (TPSA) is 115 Å². The monoisotopic (exact) mass is 415 g/mol. The fraction of sp³-hybridized carbons (Fsp3) is 0.0455. The van der Waals surface area contributed by atoms with Crippen molar-refractivity contribution in [3.63, 3.8) is 0 Å². The van der Waals surface area contributed by atoms with Crippen LogP contribution in [-0.4, -0.2) is 19.0 Å². The van der Waals surface area contributed by atoms with Crippen LogP contribution in [0.2, 0.25) is 0 Å². The van der Waals surface area contributed by atoms with E-state index in [0.717, 1.165) is 0 Å². The van der Waals surface area contributed by atoms with Crippen LogP contribution in [0, 0.1) is 23.0 Å². The molecule has 4 rings (SSSR count). The van der Waals surface area contributed by atoms with Gasteiger partial charge in [0.25, 0.3) is 5.56 Å². The minimum Gasteiger partial charge on any atom is -0.293 e. The van der Waals surface area contributed by atoms with Crippen molar-refractivity contribution >= 4 is 9.73 Å². The molecule has 30 heavy (non-hydrogen) atoms. The van der Waals surface area contributed by atoms with Crippen LogP contribution >= 0.6 is 0 Å². The summed E-state index contributed by atoms with van der Waals surface area (Å²) in [5, 5.41) is 12.0. The van der Waals surface area contributed by atoms with E-state index < -0.39 is 9.73 Å². The molecule has 1 atom stereocenters. The van der Waals surface area contributed by atoms with Crippen LogP contribution in [0.5, 0.6) is 0 Å². The van der Waals surface area contributed by atoms with E-state index in [2.05, 4.69) is 16.2 Å². The van der Waals surface area contributed by atoms with E-state index in [1.807, 2.05) is 0 Å². The Hall–Kier alpha value is -3.96. The molecule has 2 N–H and O–H groups in total. The van der Waals surface area contributed by atoms with Crippen molar-refractivity contribution in [2.75, 3.05) is 0 Å². The molecule has 0 spiro atoms. The molecular formula is C22H17N5O2S. The lowest BCUT2D eigenvalue weighted by molar-refractivity contribution is 0.674. The normalized spacial score (nSPS) is 12.8. The van der Waals surface area contributed by atoms with Crippen molar-refractivity contribution in [2.24, 2.45) is 0 Å². The fourth-order valence-electron chi connectivity index (χ4n) is 3.18. The summed E-state index contributed by atoms with van der Waals surface area (Å²) in [4.78, 5) is 17.9.